The molecule has 6 heteroatoms. The van der Waals surface area contributed by atoms with Gasteiger partial charge in [0, 0.05) is 12.1 Å². The third kappa shape index (κ3) is 3.27. The molecule has 98 valence electrons. The van der Waals surface area contributed by atoms with E-state index in [0.717, 1.165) is 0 Å². The molecule has 1 aromatic rings. The third-order valence-corrected chi connectivity index (χ3v) is 2.58. The molecule has 0 saturated heterocycles. The van der Waals surface area contributed by atoms with Gasteiger partial charge in [-0.2, -0.15) is 0 Å². The molecular formula is C12H15NO5. The highest BCUT2D eigenvalue weighted by molar-refractivity contribution is 5.73. The lowest BCUT2D eigenvalue weighted by atomic mass is 9.97. The van der Waals surface area contributed by atoms with Gasteiger partial charge in [0.25, 0.3) is 5.69 Å². The average Bonchev–Trinajstić information content (AvgIpc) is 2.37. The lowest BCUT2D eigenvalue weighted by Crippen LogP contribution is -2.21. The third-order valence-electron chi connectivity index (χ3n) is 2.58. The molecule has 0 aromatic heterocycles. The van der Waals surface area contributed by atoms with Gasteiger partial charge in [0.05, 0.1) is 23.6 Å². The van der Waals surface area contributed by atoms with E-state index < -0.39 is 22.9 Å². The van der Waals surface area contributed by atoms with Crippen LogP contribution in [0.5, 0.6) is 0 Å². The maximum absolute atomic E-state index is 11.4. The topological polar surface area (TPSA) is 89.7 Å². The zero-order valence-electron chi connectivity index (χ0n) is 10.2. The van der Waals surface area contributed by atoms with Gasteiger partial charge in [0.1, 0.15) is 0 Å². The molecule has 0 fully saturated rings. The number of aliphatic hydroxyl groups is 1. The summed E-state index contributed by atoms with van der Waals surface area (Å²) in [5.74, 6) is -1.21. The monoisotopic (exact) mass is 253 g/mol. The fourth-order valence-electron chi connectivity index (χ4n) is 1.48. The summed E-state index contributed by atoms with van der Waals surface area (Å²) in [6.07, 6.45) is -1.04. The summed E-state index contributed by atoms with van der Waals surface area (Å²) in [6.45, 7) is 3.48. The first kappa shape index (κ1) is 14.1. The van der Waals surface area contributed by atoms with Gasteiger partial charge in [-0.05, 0) is 31.5 Å². The fourth-order valence-corrected chi connectivity index (χ4v) is 1.48. The fraction of sp³-hybridized carbons (Fsp3) is 0.417. The van der Waals surface area contributed by atoms with E-state index in [9.17, 15) is 20.0 Å². The van der Waals surface area contributed by atoms with Crippen molar-refractivity contribution in [3.8, 4) is 0 Å². The summed E-state index contributed by atoms with van der Waals surface area (Å²) in [4.78, 5) is 21.4. The SMILES string of the molecule is CCOC(=O)[C@H](C)[C@H](O)c1ccc([N+](=O)[O-])cc1. The smallest absolute Gasteiger partial charge is 0.311 e. The van der Waals surface area contributed by atoms with Crippen molar-refractivity contribution in [2.45, 2.75) is 20.0 Å². The number of rotatable bonds is 5. The van der Waals surface area contributed by atoms with Crippen LogP contribution in [0.25, 0.3) is 0 Å². The van der Waals surface area contributed by atoms with Crippen LogP contribution in [0.2, 0.25) is 0 Å². The van der Waals surface area contributed by atoms with Crippen molar-refractivity contribution in [3.05, 3.63) is 39.9 Å². The minimum Gasteiger partial charge on any atom is -0.466 e. The quantitative estimate of drug-likeness (QED) is 0.491. The number of aliphatic hydroxyl groups excluding tert-OH is 1. The van der Waals surface area contributed by atoms with E-state index in [-0.39, 0.29) is 12.3 Å². The van der Waals surface area contributed by atoms with Crippen molar-refractivity contribution < 1.29 is 19.6 Å². The van der Waals surface area contributed by atoms with E-state index in [2.05, 4.69) is 0 Å². The van der Waals surface area contributed by atoms with E-state index >= 15 is 0 Å². The highest BCUT2D eigenvalue weighted by Crippen LogP contribution is 2.24. The van der Waals surface area contributed by atoms with Gasteiger partial charge in [-0.25, -0.2) is 0 Å². The molecule has 18 heavy (non-hydrogen) atoms. The van der Waals surface area contributed by atoms with Crippen molar-refractivity contribution in [3.63, 3.8) is 0 Å². The molecule has 0 saturated carbocycles. The lowest BCUT2D eigenvalue weighted by Gasteiger charge is -2.17. The summed E-state index contributed by atoms with van der Waals surface area (Å²) < 4.78 is 4.80. The molecule has 0 radical (unpaired) electrons. The van der Waals surface area contributed by atoms with E-state index in [4.69, 9.17) is 4.74 Å². The normalized spacial score (nSPS) is 13.7. The number of carbonyl (C=O) groups excluding carboxylic acids is 1. The number of benzene rings is 1. The molecular weight excluding hydrogens is 238 g/mol. The number of hydrogen-bond acceptors (Lipinski definition) is 5. The van der Waals surface area contributed by atoms with E-state index in [0.29, 0.717) is 5.56 Å². The molecule has 0 spiro atoms. The predicted octanol–water partition coefficient (Wildman–Crippen LogP) is 1.83. The molecule has 1 N–H and O–H groups in total. The van der Waals surface area contributed by atoms with Gasteiger partial charge in [0.15, 0.2) is 0 Å². The first-order valence-electron chi connectivity index (χ1n) is 5.56. The van der Waals surface area contributed by atoms with Gasteiger partial charge in [-0.15, -0.1) is 0 Å². The van der Waals surface area contributed by atoms with Crippen LogP contribution in [0.4, 0.5) is 5.69 Å². The van der Waals surface area contributed by atoms with E-state index in [1.807, 2.05) is 0 Å². The van der Waals surface area contributed by atoms with Crippen LogP contribution >= 0.6 is 0 Å². The van der Waals surface area contributed by atoms with Gasteiger partial charge in [-0.3, -0.25) is 14.9 Å². The molecule has 0 amide bonds. The highest BCUT2D eigenvalue weighted by Gasteiger charge is 2.24. The summed E-state index contributed by atoms with van der Waals surface area (Å²) in [5.41, 5.74) is 0.385. The van der Waals surface area contributed by atoms with Crippen LogP contribution in [0.15, 0.2) is 24.3 Å². The summed E-state index contributed by atoms with van der Waals surface area (Å²) in [7, 11) is 0. The van der Waals surface area contributed by atoms with Gasteiger partial charge >= 0.3 is 5.97 Å². The van der Waals surface area contributed by atoms with Crippen molar-refractivity contribution in [1.82, 2.24) is 0 Å². The molecule has 0 aliphatic heterocycles. The molecule has 0 aliphatic carbocycles. The zero-order chi connectivity index (χ0) is 13.7. The van der Waals surface area contributed by atoms with E-state index in [1.165, 1.54) is 24.3 Å². The Kier molecular flexibility index (Phi) is 4.79. The number of hydrogen-bond donors (Lipinski definition) is 1. The summed E-state index contributed by atoms with van der Waals surface area (Å²) >= 11 is 0. The Bertz CT molecular complexity index is 429. The zero-order valence-corrected chi connectivity index (χ0v) is 10.2. The van der Waals surface area contributed by atoms with Crippen LogP contribution in [-0.2, 0) is 9.53 Å². The summed E-state index contributed by atoms with van der Waals surface area (Å²) in [5, 5.41) is 20.4. The average molecular weight is 253 g/mol. The highest BCUT2D eigenvalue weighted by atomic mass is 16.6. The lowest BCUT2D eigenvalue weighted by molar-refractivity contribution is -0.384. The second-order valence-electron chi connectivity index (χ2n) is 3.83. The van der Waals surface area contributed by atoms with Crippen molar-refractivity contribution >= 4 is 11.7 Å². The minimum absolute atomic E-state index is 0.0604. The Labute approximate surface area is 104 Å². The summed E-state index contributed by atoms with van der Waals surface area (Å²) in [6, 6.07) is 5.43. The molecule has 1 rings (SSSR count). The van der Waals surface area contributed by atoms with Crippen molar-refractivity contribution in [1.29, 1.82) is 0 Å². The minimum atomic E-state index is -1.04. The van der Waals surface area contributed by atoms with Gasteiger partial charge in [0.2, 0.25) is 0 Å². The molecule has 0 unspecified atom stereocenters. The van der Waals surface area contributed by atoms with Crippen LogP contribution in [0.3, 0.4) is 0 Å². The molecule has 0 aliphatic rings. The standard InChI is InChI=1S/C12H15NO5/c1-3-18-12(15)8(2)11(14)9-4-6-10(7-5-9)13(16)17/h4-8,11,14H,3H2,1-2H3/t8-,11+/m1/s1. The second-order valence-corrected chi connectivity index (χ2v) is 3.83. The number of nitro benzene ring substituents is 1. The van der Waals surface area contributed by atoms with E-state index in [1.54, 1.807) is 13.8 Å². The van der Waals surface area contributed by atoms with Crippen LogP contribution < -0.4 is 0 Å². The first-order valence-corrected chi connectivity index (χ1v) is 5.56. The number of carbonyl (C=O) groups is 1. The van der Waals surface area contributed by atoms with Gasteiger partial charge in [-0.1, -0.05) is 0 Å². The number of ether oxygens (including phenoxy) is 1. The molecule has 6 nitrogen and oxygen atoms in total. The van der Waals surface area contributed by atoms with Crippen LogP contribution in [0.1, 0.15) is 25.5 Å². The Morgan fingerprint density at radius 2 is 2.00 bits per heavy atom. The Morgan fingerprint density at radius 3 is 2.44 bits per heavy atom. The Morgan fingerprint density at radius 1 is 1.44 bits per heavy atom. The van der Waals surface area contributed by atoms with Crippen LogP contribution in [-0.4, -0.2) is 22.6 Å². The number of nitro groups is 1. The Balaban J connectivity index is 2.80. The number of esters is 1. The van der Waals surface area contributed by atoms with Crippen molar-refractivity contribution in [2.75, 3.05) is 6.61 Å². The first-order chi connectivity index (χ1) is 8.47. The molecule has 0 bridgehead atoms. The maximum atomic E-state index is 11.4. The van der Waals surface area contributed by atoms with Gasteiger partial charge < -0.3 is 9.84 Å². The number of nitrogens with zero attached hydrogens (tertiary/aromatic N) is 1. The maximum Gasteiger partial charge on any atom is 0.311 e. The van der Waals surface area contributed by atoms with Crippen LogP contribution in [0, 0.1) is 16.0 Å². The molecule has 0 heterocycles. The predicted molar refractivity (Wildman–Crippen MR) is 63.9 cm³/mol. The Hall–Kier alpha value is -1.95. The molecule has 1 aromatic carbocycles. The largest absolute Gasteiger partial charge is 0.466 e. The number of non-ortho nitro benzene ring substituents is 1. The molecule has 2 atom stereocenters. The van der Waals surface area contributed by atoms with Crippen molar-refractivity contribution in [2.24, 2.45) is 5.92 Å². The second kappa shape index (κ2) is 6.11.